The van der Waals surface area contributed by atoms with Gasteiger partial charge in [-0.15, -0.1) is 11.8 Å². The van der Waals surface area contributed by atoms with Gasteiger partial charge in [-0.3, -0.25) is 0 Å². The first-order valence-corrected chi connectivity index (χ1v) is 5.59. The van der Waals surface area contributed by atoms with Gasteiger partial charge in [0.1, 0.15) is 4.93 Å². The lowest BCUT2D eigenvalue weighted by Gasteiger charge is -2.25. The molecule has 1 rings (SSSR count). The van der Waals surface area contributed by atoms with E-state index < -0.39 is 0 Å². The highest BCUT2D eigenvalue weighted by Gasteiger charge is 2.32. The summed E-state index contributed by atoms with van der Waals surface area (Å²) in [6, 6.07) is 0. The van der Waals surface area contributed by atoms with Gasteiger partial charge in [0.25, 0.3) is 0 Å². The average molecular weight is 174 g/mol. The van der Waals surface area contributed by atoms with Crippen LogP contribution in [0.4, 0.5) is 0 Å². The van der Waals surface area contributed by atoms with Crippen molar-refractivity contribution in [2.45, 2.75) is 44.5 Å². The molecule has 0 spiro atoms. The fourth-order valence-electron chi connectivity index (χ4n) is 1.47. The van der Waals surface area contributed by atoms with Crippen LogP contribution in [0.25, 0.3) is 0 Å². The number of hydrogen-bond acceptors (Lipinski definition) is 2. The van der Waals surface area contributed by atoms with Gasteiger partial charge in [-0.25, -0.2) is 0 Å². The summed E-state index contributed by atoms with van der Waals surface area (Å²) in [6.07, 6.45) is 4.99. The molecule has 0 aromatic rings. The molecule has 0 saturated carbocycles. The minimum absolute atomic E-state index is 0.204. The first-order chi connectivity index (χ1) is 5.33. The number of hydrogen-bond donors (Lipinski definition) is 0. The second kappa shape index (κ2) is 4.36. The highest BCUT2D eigenvalue weighted by atomic mass is 32.2. The van der Waals surface area contributed by atoms with Crippen LogP contribution in [0.1, 0.15) is 39.5 Å². The summed E-state index contributed by atoms with van der Waals surface area (Å²) in [5.74, 6) is 1.19. The van der Waals surface area contributed by atoms with Crippen molar-refractivity contribution in [2.75, 3.05) is 12.4 Å². The molecule has 1 nitrogen and oxygen atoms in total. The van der Waals surface area contributed by atoms with Crippen molar-refractivity contribution in [1.82, 2.24) is 0 Å². The summed E-state index contributed by atoms with van der Waals surface area (Å²) in [5, 5.41) is 0. The molecule has 2 heteroatoms. The van der Waals surface area contributed by atoms with Crippen molar-refractivity contribution in [2.24, 2.45) is 0 Å². The molecule has 66 valence electrons. The van der Waals surface area contributed by atoms with Crippen LogP contribution in [-0.4, -0.2) is 17.3 Å². The van der Waals surface area contributed by atoms with Crippen molar-refractivity contribution in [3.05, 3.63) is 0 Å². The maximum atomic E-state index is 5.75. The van der Waals surface area contributed by atoms with E-state index in [1.807, 2.05) is 11.8 Å². The second-order valence-corrected chi connectivity index (χ2v) is 4.51. The average Bonchev–Trinajstić information content (AvgIpc) is 2.50. The van der Waals surface area contributed by atoms with E-state index in [1.54, 1.807) is 0 Å². The molecule has 1 aliphatic heterocycles. The van der Waals surface area contributed by atoms with Crippen LogP contribution >= 0.6 is 11.8 Å². The topological polar surface area (TPSA) is 9.23 Å². The third kappa shape index (κ3) is 2.38. The first kappa shape index (κ1) is 9.40. The summed E-state index contributed by atoms with van der Waals surface area (Å²) >= 11 is 2.01. The summed E-state index contributed by atoms with van der Waals surface area (Å²) in [5.41, 5.74) is 0. The van der Waals surface area contributed by atoms with Gasteiger partial charge in [-0.1, -0.05) is 20.3 Å². The van der Waals surface area contributed by atoms with E-state index in [4.69, 9.17) is 4.74 Å². The molecule has 1 heterocycles. The lowest BCUT2D eigenvalue weighted by Crippen LogP contribution is -2.22. The van der Waals surface area contributed by atoms with Crippen molar-refractivity contribution in [1.29, 1.82) is 0 Å². The minimum atomic E-state index is 0.204. The maximum Gasteiger partial charge on any atom is 0.113 e. The van der Waals surface area contributed by atoms with Crippen LogP contribution < -0.4 is 0 Å². The highest BCUT2D eigenvalue weighted by molar-refractivity contribution is 8.00. The van der Waals surface area contributed by atoms with Crippen LogP contribution in [0.5, 0.6) is 0 Å². The minimum Gasteiger partial charge on any atom is -0.364 e. The molecule has 1 atom stereocenters. The van der Waals surface area contributed by atoms with Crippen LogP contribution in [0, 0.1) is 0 Å². The molecule has 1 aliphatic rings. The Kier molecular flexibility index (Phi) is 3.73. The SMILES string of the molecule is CCCCC1(CC)OCCS1. The van der Waals surface area contributed by atoms with Gasteiger partial charge < -0.3 is 4.74 Å². The van der Waals surface area contributed by atoms with E-state index in [0.29, 0.717) is 0 Å². The fraction of sp³-hybridized carbons (Fsp3) is 1.00. The fourth-order valence-corrected chi connectivity index (χ4v) is 2.67. The molecule has 1 unspecified atom stereocenters. The van der Waals surface area contributed by atoms with Crippen molar-refractivity contribution < 1.29 is 4.74 Å². The molecular formula is C9H18OS. The van der Waals surface area contributed by atoms with E-state index in [-0.39, 0.29) is 4.93 Å². The van der Waals surface area contributed by atoms with E-state index in [1.165, 1.54) is 25.0 Å². The third-order valence-electron chi connectivity index (χ3n) is 2.26. The summed E-state index contributed by atoms with van der Waals surface area (Å²) in [7, 11) is 0. The predicted molar refractivity (Wildman–Crippen MR) is 51.0 cm³/mol. The normalized spacial score (nSPS) is 31.1. The van der Waals surface area contributed by atoms with Crippen molar-refractivity contribution >= 4 is 11.8 Å². The summed E-state index contributed by atoms with van der Waals surface area (Å²) in [6.45, 7) is 5.43. The molecule has 0 aliphatic carbocycles. The van der Waals surface area contributed by atoms with Gasteiger partial charge in [0.05, 0.1) is 6.61 Å². The van der Waals surface area contributed by atoms with Gasteiger partial charge >= 0.3 is 0 Å². The van der Waals surface area contributed by atoms with Gasteiger partial charge in [-0.05, 0) is 19.3 Å². The quantitative estimate of drug-likeness (QED) is 0.648. The van der Waals surface area contributed by atoms with Crippen LogP contribution in [0.2, 0.25) is 0 Å². The highest BCUT2D eigenvalue weighted by Crippen LogP contribution is 2.39. The van der Waals surface area contributed by atoms with Gasteiger partial charge in [0, 0.05) is 5.75 Å². The van der Waals surface area contributed by atoms with E-state index in [9.17, 15) is 0 Å². The molecule has 0 aromatic heterocycles. The number of thioether (sulfide) groups is 1. The molecule has 0 aromatic carbocycles. The zero-order valence-electron chi connectivity index (χ0n) is 7.56. The van der Waals surface area contributed by atoms with Gasteiger partial charge in [0.2, 0.25) is 0 Å². The Bertz CT molecular complexity index is 108. The lowest BCUT2D eigenvalue weighted by atomic mass is 10.1. The second-order valence-electron chi connectivity index (χ2n) is 3.06. The zero-order valence-corrected chi connectivity index (χ0v) is 8.38. The molecule has 0 amide bonds. The van der Waals surface area contributed by atoms with E-state index in [0.717, 1.165) is 13.0 Å². The number of ether oxygens (including phenoxy) is 1. The Morgan fingerprint density at radius 1 is 1.45 bits per heavy atom. The van der Waals surface area contributed by atoms with Gasteiger partial charge in [-0.2, -0.15) is 0 Å². The Morgan fingerprint density at radius 3 is 2.73 bits per heavy atom. The van der Waals surface area contributed by atoms with Crippen molar-refractivity contribution in [3.63, 3.8) is 0 Å². The Hall–Kier alpha value is 0.310. The van der Waals surface area contributed by atoms with E-state index >= 15 is 0 Å². The largest absolute Gasteiger partial charge is 0.364 e. The predicted octanol–water partition coefficient (Wildman–Crippen LogP) is 3.05. The summed E-state index contributed by atoms with van der Waals surface area (Å²) in [4.78, 5) is 0.204. The molecule has 0 N–H and O–H groups in total. The molecule has 1 fully saturated rings. The lowest BCUT2D eigenvalue weighted by molar-refractivity contribution is 0.0406. The van der Waals surface area contributed by atoms with Crippen LogP contribution in [-0.2, 0) is 4.74 Å². The Morgan fingerprint density at radius 2 is 2.27 bits per heavy atom. The third-order valence-corrected chi connectivity index (χ3v) is 3.77. The number of rotatable bonds is 4. The first-order valence-electron chi connectivity index (χ1n) is 4.61. The monoisotopic (exact) mass is 174 g/mol. The molecular weight excluding hydrogens is 156 g/mol. The standard InChI is InChI=1S/C9H18OS/c1-3-5-6-9(4-2)10-7-8-11-9/h3-8H2,1-2H3. The van der Waals surface area contributed by atoms with Gasteiger partial charge in [0.15, 0.2) is 0 Å². The molecule has 11 heavy (non-hydrogen) atoms. The smallest absolute Gasteiger partial charge is 0.113 e. The van der Waals surface area contributed by atoms with Crippen LogP contribution in [0.3, 0.4) is 0 Å². The Balaban J connectivity index is 2.33. The van der Waals surface area contributed by atoms with Crippen molar-refractivity contribution in [3.8, 4) is 0 Å². The Labute approximate surface area is 73.9 Å². The number of unbranched alkanes of at least 4 members (excludes halogenated alkanes) is 1. The zero-order chi connectivity index (χ0) is 8.16. The molecule has 0 radical (unpaired) electrons. The van der Waals surface area contributed by atoms with E-state index in [2.05, 4.69) is 13.8 Å². The molecule has 1 saturated heterocycles. The summed E-state index contributed by atoms with van der Waals surface area (Å²) < 4.78 is 5.75. The van der Waals surface area contributed by atoms with Crippen LogP contribution in [0.15, 0.2) is 0 Å². The maximum absolute atomic E-state index is 5.75. The molecule has 0 bridgehead atoms.